The molecule has 1 unspecified atom stereocenters. The van der Waals surface area contributed by atoms with Gasteiger partial charge in [-0.3, -0.25) is 4.79 Å². The van der Waals surface area contributed by atoms with Crippen LogP contribution in [0.3, 0.4) is 0 Å². The molecule has 0 aromatic carbocycles. The predicted octanol–water partition coefficient (Wildman–Crippen LogP) is 1.10. The van der Waals surface area contributed by atoms with E-state index in [4.69, 9.17) is 12.2 Å². The molecule has 0 rings (SSSR count). The molecule has 2 nitrogen and oxygen atoms in total. The maximum atomic E-state index is 10.9. The van der Waals surface area contributed by atoms with Crippen LogP contribution in [0.5, 0.6) is 0 Å². The molecule has 0 spiro atoms. The highest BCUT2D eigenvalue weighted by Crippen LogP contribution is 2.00. The molecule has 0 aliphatic rings. The van der Waals surface area contributed by atoms with Crippen molar-refractivity contribution >= 4 is 5.78 Å². The summed E-state index contributed by atoms with van der Waals surface area (Å²) >= 11 is 0. The Hall–Kier alpha value is -0.810. The van der Waals surface area contributed by atoms with Gasteiger partial charge in [-0.1, -0.05) is 19.3 Å². The van der Waals surface area contributed by atoms with Crippen molar-refractivity contribution in [3.05, 3.63) is 0 Å². The minimum atomic E-state index is 0.000787. The minimum Gasteiger partial charge on any atom is -0.327 e. The fourth-order valence-electron chi connectivity index (χ4n) is 0.951. The Morgan fingerprint density at radius 3 is 2.82 bits per heavy atom. The summed E-state index contributed by atoms with van der Waals surface area (Å²) in [5.74, 6) is 2.39. The molecule has 0 fully saturated rings. The number of terminal acetylenes is 1. The Balaban J connectivity index is 3.50. The SMILES string of the molecule is C#CCC(=O)CC(N)CCC. The maximum absolute atomic E-state index is 10.9. The van der Waals surface area contributed by atoms with Crippen molar-refractivity contribution in [1.29, 1.82) is 0 Å². The van der Waals surface area contributed by atoms with Gasteiger partial charge in [0.25, 0.3) is 0 Å². The molecule has 1 atom stereocenters. The first-order chi connectivity index (χ1) is 5.20. The van der Waals surface area contributed by atoms with Crippen molar-refractivity contribution in [3.63, 3.8) is 0 Å². The molecule has 0 aromatic rings. The van der Waals surface area contributed by atoms with Crippen LogP contribution >= 0.6 is 0 Å². The van der Waals surface area contributed by atoms with Gasteiger partial charge in [-0.05, 0) is 6.42 Å². The molecule has 0 bridgehead atoms. The van der Waals surface area contributed by atoms with E-state index in [1.54, 1.807) is 0 Å². The van der Waals surface area contributed by atoms with Crippen LogP contribution in [0.1, 0.15) is 32.6 Å². The molecule has 0 saturated heterocycles. The van der Waals surface area contributed by atoms with E-state index >= 15 is 0 Å². The van der Waals surface area contributed by atoms with Crippen molar-refractivity contribution in [2.75, 3.05) is 0 Å². The Labute approximate surface area is 68.2 Å². The maximum Gasteiger partial charge on any atom is 0.146 e. The molecule has 0 aliphatic heterocycles. The molecule has 0 radical (unpaired) electrons. The van der Waals surface area contributed by atoms with Crippen LogP contribution in [0.25, 0.3) is 0 Å². The minimum absolute atomic E-state index is 0.000787. The predicted molar refractivity (Wildman–Crippen MR) is 46.0 cm³/mol. The third-order valence-electron chi connectivity index (χ3n) is 1.45. The number of rotatable bonds is 5. The first-order valence-corrected chi connectivity index (χ1v) is 3.91. The smallest absolute Gasteiger partial charge is 0.146 e. The summed E-state index contributed by atoms with van der Waals surface area (Å²) in [7, 11) is 0. The van der Waals surface area contributed by atoms with Crippen LogP contribution in [-0.2, 0) is 4.79 Å². The lowest BCUT2D eigenvalue weighted by molar-refractivity contribution is -0.118. The average molecular weight is 153 g/mol. The van der Waals surface area contributed by atoms with Gasteiger partial charge in [-0.2, -0.15) is 0 Å². The topological polar surface area (TPSA) is 43.1 Å². The molecule has 2 N–H and O–H groups in total. The number of hydrogen-bond acceptors (Lipinski definition) is 2. The van der Waals surface area contributed by atoms with Gasteiger partial charge >= 0.3 is 0 Å². The van der Waals surface area contributed by atoms with Gasteiger partial charge in [0.15, 0.2) is 0 Å². The highest BCUT2D eigenvalue weighted by atomic mass is 16.1. The van der Waals surface area contributed by atoms with E-state index < -0.39 is 0 Å². The van der Waals surface area contributed by atoms with Crippen molar-refractivity contribution < 1.29 is 4.79 Å². The average Bonchev–Trinajstić information content (AvgIpc) is 1.87. The number of nitrogens with two attached hydrogens (primary N) is 1. The number of hydrogen-bond donors (Lipinski definition) is 1. The number of carbonyl (C=O) groups excluding carboxylic acids is 1. The molecule has 62 valence electrons. The monoisotopic (exact) mass is 153 g/mol. The fourth-order valence-corrected chi connectivity index (χ4v) is 0.951. The van der Waals surface area contributed by atoms with Crippen LogP contribution in [0, 0.1) is 12.3 Å². The Morgan fingerprint density at radius 2 is 2.36 bits per heavy atom. The molecule has 2 heteroatoms. The van der Waals surface area contributed by atoms with E-state index in [0.29, 0.717) is 6.42 Å². The van der Waals surface area contributed by atoms with Crippen LogP contribution in [0.2, 0.25) is 0 Å². The van der Waals surface area contributed by atoms with E-state index in [-0.39, 0.29) is 18.2 Å². The molecular formula is C9H15NO. The van der Waals surface area contributed by atoms with E-state index in [1.807, 2.05) is 6.92 Å². The van der Waals surface area contributed by atoms with Gasteiger partial charge < -0.3 is 5.73 Å². The summed E-state index contributed by atoms with van der Waals surface area (Å²) < 4.78 is 0. The van der Waals surface area contributed by atoms with Gasteiger partial charge in [0.05, 0.1) is 6.42 Å². The van der Waals surface area contributed by atoms with Gasteiger partial charge in [-0.15, -0.1) is 6.42 Å². The molecule has 0 saturated carbocycles. The van der Waals surface area contributed by atoms with Gasteiger partial charge in [-0.25, -0.2) is 0 Å². The van der Waals surface area contributed by atoms with Crippen molar-refractivity contribution in [2.45, 2.75) is 38.6 Å². The third kappa shape index (κ3) is 5.63. The van der Waals surface area contributed by atoms with Crippen LogP contribution in [0.15, 0.2) is 0 Å². The zero-order chi connectivity index (χ0) is 8.69. The lowest BCUT2D eigenvalue weighted by Crippen LogP contribution is -2.23. The van der Waals surface area contributed by atoms with Gasteiger partial charge in [0, 0.05) is 12.5 Å². The standard InChI is InChI=1S/C9H15NO/c1-3-5-8(10)7-9(11)6-4-2/h2,8H,3,5-7,10H2,1H3. The van der Waals surface area contributed by atoms with Crippen molar-refractivity contribution in [3.8, 4) is 12.3 Å². The quantitative estimate of drug-likeness (QED) is 0.601. The lowest BCUT2D eigenvalue weighted by atomic mass is 10.1. The summed E-state index contributed by atoms with van der Waals surface area (Å²) in [6, 6.07) is 0.000787. The lowest BCUT2D eigenvalue weighted by Gasteiger charge is -2.06. The molecule has 11 heavy (non-hydrogen) atoms. The zero-order valence-corrected chi connectivity index (χ0v) is 6.97. The van der Waals surface area contributed by atoms with Crippen LogP contribution in [0.4, 0.5) is 0 Å². The van der Waals surface area contributed by atoms with Crippen molar-refractivity contribution in [2.24, 2.45) is 5.73 Å². The van der Waals surface area contributed by atoms with E-state index in [2.05, 4.69) is 5.92 Å². The first-order valence-electron chi connectivity index (χ1n) is 3.91. The fraction of sp³-hybridized carbons (Fsp3) is 0.667. The highest BCUT2D eigenvalue weighted by Gasteiger charge is 2.06. The third-order valence-corrected chi connectivity index (χ3v) is 1.45. The second-order valence-electron chi connectivity index (χ2n) is 2.67. The van der Waals surface area contributed by atoms with E-state index in [1.165, 1.54) is 0 Å². The second-order valence-corrected chi connectivity index (χ2v) is 2.67. The van der Waals surface area contributed by atoms with E-state index in [9.17, 15) is 4.79 Å². The molecule has 0 amide bonds. The normalized spacial score (nSPS) is 12.1. The highest BCUT2D eigenvalue weighted by molar-refractivity contribution is 5.81. The Bertz CT molecular complexity index is 157. The zero-order valence-electron chi connectivity index (χ0n) is 6.97. The number of carbonyl (C=O) groups is 1. The molecular weight excluding hydrogens is 138 g/mol. The summed E-state index contributed by atoms with van der Waals surface area (Å²) in [5.41, 5.74) is 5.63. The Morgan fingerprint density at radius 1 is 1.73 bits per heavy atom. The number of Topliss-reactive ketones (excluding diaryl/α,β-unsaturated/α-hetero) is 1. The molecule has 0 heterocycles. The summed E-state index contributed by atoms with van der Waals surface area (Å²) in [6.07, 6.45) is 7.53. The van der Waals surface area contributed by atoms with Gasteiger partial charge in [0.2, 0.25) is 0 Å². The van der Waals surface area contributed by atoms with Crippen LogP contribution in [-0.4, -0.2) is 11.8 Å². The van der Waals surface area contributed by atoms with E-state index in [0.717, 1.165) is 12.8 Å². The molecule has 0 aromatic heterocycles. The second kappa shape index (κ2) is 5.94. The Kier molecular flexibility index (Phi) is 5.50. The van der Waals surface area contributed by atoms with Crippen molar-refractivity contribution in [1.82, 2.24) is 0 Å². The molecule has 0 aliphatic carbocycles. The summed E-state index contributed by atoms with van der Waals surface area (Å²) in [4.78, 5) is 10.9. The van der Waals surface area contributed by atoms with Crippen LogP contribution < -0.4 is 5.73 Å². The summed E-state index contributed by atoms with van der Waals surface area (Å²) in [6.45, 7) is 2.05. The van der Waals surface area contributed by atoms with Gasteiger partial charge in [0.1, 0.15) is 5.78 Å². The summed E-state index contributed by atoms with van der Waals surface area (Å²) in [5, 5.41) is 0. The largest absolute Gasteiger partial charge is 0.327 e. The first kappa shape index (κ1) is 10.2. The number of ketones is 1.